The van der Waals surface area contributed by atoms with Gasteiger partial charge in [-0.1, -0.05) is 25.3 Å². The molecule has 2 aliphatic heterocycles. The van der Waals surface area contributed by atoms with Crippen molar-refractivity contribution in [1.82, 2.24) is 0 Å². The quantitative estimate of drug-likeness (QED) is 0.311. The average molecular weight is 556 g/mol. The fourth-order valence-corrected chi connectivity index (χ4v) is 6.38. The number of allylic oxidation sites excluding steroid dienone is 4. The Hall–Kier alpha value is -3.23. The Labute approximate surface area is 224 Å². The molecule has 4 rings (SSSR count). The van der Waals surface area contributed by atoms with Crippen LogP contribution < -0.4 is 4.90 Å². The van der Waals surface area contributed by atoms with Gasteiger partial charge in [0.05, 0.1) is 21.3 Å². The van der Waals surface area contributed by atoms with Gasteiger partial charge < -0.3 is 4.90 Å². The fourth-order valence-electron chi connectivity index (χ4n) is 5.37. The van der Waals surface area contributed by atoms with Crippen molar-refractivity contribution in [3.63, 3.8) is 0 Å². The Morgan fingerprint density at radius 2 is 1.47 bits per heavy atom. The molecule has 0 saturated carbocycles. The van der Waals surface area contributed by atoms with Crippen LogP contribution in [0.25, 0.3) is 0 Å². The molecule has 0 spiro atoms. The molecule has 10 heteroatoms. The van der Waals surface area contributed by atoms with Crippen LogP contribution in [0.5, 0.6) is 0 Å². The Morgan fingerprint density at radius 3 is 2.05 bits per heavy atom. The third-order valence-corrected chi connectivity index (χ3v) is 9.10. The molecule has 200 valence electrons. The number of likely N-dealkylation sites (N-methyl/N-ethyl adjacent to an activating group) is 1. The van der Waals surface area contributed by atoms with Crippen LogP contribution >= 0.6 is 0 Å². The molecule has 0 aliphatic carbocycles. The summed E-state index contributed by atoms with van der Waals surface area (Å²) in [5.41, 5.74) is 10.2. The van der Waals surface area contributed by atoms with Crippen molar-refractivity contribution in [2.45, 2.75) is 55.2 Å². The van der Waals surface area contributed by atoms with Gasteiger partial charge in [0.1, 0.15) is 7.05 Å². The molecule has 2 aliphatic rings. The van der Waals surface area contributed by atoms with Crippen molar-refractivity contribution in [3.05, 3.63) is 82.9 Å². The van der Waals surface area contributed by atoms with E-state index < -0.39 is 31.1 Å². The van der Waals surface area contributed by atoms with E-state index in [1.807, 2.05) is 52.3 Å². The predicted octanol–water partition coefficient (Wildman–Crippen LogP) is 4.75. The van der Waals surface area contributed by atoms with Crippen LogP contribution in [0.4, 0.5) is 11.4 Å². The summed E-state index contributed by atoms with van der Waals surface area (Å²) in [6, 6.07) is 9.20. The van der Waals surface area contributed by atoms with Crippen molar-refractivity contribution >= 4 is 37.3 Å². The van der Waals surface area contributed by atoms with E-state index in [-0.39, 0.29) is 9.79 Å². The molecule has 0 bridgehead atoms. The van der Waals surface area contributed by atoms with Gasteiger partial charge in [-0.05, 0) is 68.8 Å². The number of hydrogen-bond acceptors (Lipinski definition) is 5. The lowest BCUT2D eigenvalue weighted by Crippen LogP contribution is -2.26. The topological polar surface area (TPSA) is 115 Å². The van der Waals surface area contributed by atoms with E-state index in [0.29, 0.717) is 6.54 Å². The van der Waals surface area contributed by atoms with Gasteiger partial charge in [0.25, 0.3) is 20.2 Å². The highest BCUT2D eigenvalue weighted by Gasteiger charge is 2.44. The molecule has 0 saturated heterocycles. The van der Waals surface area contributed by atoms with Crippen molar-refractivity contribution in [2.24, 2.45) is 0 Å². The van der Waals surface area contributed by atoms with Gasteiger partial charge in [0.15, 0.2) is 5.71 Å². The molecule has 38 heavy (non-hydrogen) atoms. The maximum atomic E-state index is 11.7. The number of benzene rings is 2. The SMILES string of the molecule is CCN1/C(=C\C=C=C=CC2=[N+](C)c3ccc(S(=O)(=O)O)cc3C2(C)C)C(C)(C)c2cc(S(=O)(=O)O)ccc21. The number of fused-ring (bicyclic) bond motifs is 2. The molecule has 0 fully saturated rings. The molecule has 0 radical (unpaired) electrons. The number of hydrogen-bond donors (Lipinski definition) is 2. The number of rotatable bonds is 5. The van der Waals surface area contributed by atoms with E-state index in [0.717, 1.165) is 33.9 Å². The third kappa shape index (κ3) is 4.60. The van der Waals surface area contributed by atoms with E-state index in [1.54, 1.807) is 24.3 Å². The van der Waals surface area contributed by atoms with Crippen LogP contribution in [0.15, 0.2) is 81.6 Å². The molecular formula is C28H31N2O6S2+. The summed E-state index contributed by atoms with van der Waals surface area (Å²) >= 11 is 0. The molecule has 2 aromatic carbocycles. The van der Waals surface area contributed by atoms with Crippen LogP contribution in [0, 0.1) is 0 Å². The Morgan fingerprint density at radius 1 is 0.895 bits per heavy atom. The van der Waals surface area contributed by atoms with Gasteiger partial charge in [-0.25, -0.2) is 0 Å². The molecule has 0 atom stereocenters. The monoisotopic (exact) mass is 555 g/mol. The highest BCUT2D eigenvalue weighted by molar-refractivity contribution is 7.86. The average Bonchev–Trinajstić information content (AvgIpc) is 3.15. The molecule has 0 aromatic heterocycles. The van der Waals surface area contributed by atoms with Gasteiger partial charge >= 0.3 is 0 Å². The summed E-state index contributed by atoms with van der Waals surface area (Å²) < 4.78 is 67.6. The predicted molar refractivity (Wildman–Crippen MR) is 147 cm³/mol. The highest BCUT2D eigenvalue weighted by atomic mass is 32.2. The first-order chi connectivity index (χ1) is 17.5. The minimum Gasteiger partial charge on any atom is -0.344 e. The number of anilines is 1. The van der Waals surface area contributed by atoms with Crippen LogP contribution in [0.1, 0.15) is 45.7 Å². The van der Waals surface area contributed by atoms with Crippen molar-refractivity contribution in [3.8, 4) is 0 Å². The lowest BCUT2D eigenvalue weighted by atomic mass is 9.81. The maximum Gasteiger partial charge on any atom is 0.294 e. The minimum atomic E-state index is -4.31. The molecular weight excluding hydrogens is 524 g/mol. The summed E-state index contributed by atoms with van der Waals surface area (Å²) in [4.78, 5) is 1.82. The zero-order valence-corrected chi connectivity index (χ0v) is 23.8. The zero-order valence-electron chi connectivity index (χ0n) is 22.1. The summed E-state index contributed by atoms with van der Waals surface area (Å²) in [5.74, 6) is 0. The van der Waals surface area contributed by atoms with Crippen LogP contribution in [-0.4, -0.2) is 49.8 Å². The third-order valence-electron chi connectivity index (χ3n) is 7.40. The van der Waals surface area contributed by atoms with Crippen LogP contribution in [-0.2, 0) is 31.1 Å². The van der Waals surface area contributed by atoms with Gasteiger partial charge in [-0.2, -0.15) is 21.4 Å². The minimum absolute atomic E-state index is 0.134. The summed E-state index contributed by atoms with van der Waals surface area (Å²) in [5, 5.41) is 0. The number of nitrogens with zero attached hydrogens (tertiary/aromatic N) is 2. The Kier molecular flexibility index (Phi) is 6.73. The molecule has 2 N–H and O–H groups in total. The first-order valence-electron chi connectivity index (χ1n) is 12.0. The molecule has 8 nitrogen and oxygen atoms in total. The lowest BCUT2D eigenvalue weighted by Gasteiger charge is -2.25. The highest BCUT2D eigenvalue weighted by Crippen LogP contribution is 2.48. The van der Waals surface area contributed by atoms with Crippen molar-refractivity contribution < 1.29 is 30.5 Å². The normalized spacial score (nSPS) is 18.6. The van der Waals surface area contributed by atoms with Crippen LogP contribution in [0.2, 0.25) is 0 Å². The molecule has 0 unspecified atom stereocenters. The summed E-state index contributed by atoms with van der Waals surface area (Å²) in [6.45, 7) is 10.6. The van der Waals surface area contributed by atoms with Gasteiger partial charge in [0.2, 0.25) is 5.69 Å². The van der Waals surface area contributed by atoms with E-state index in [4.69, 9.17) is 0 Å². The van der Waals surface area contributed by atoms with Crippen molar-refractivity contribution in [1.29, 1.82) is 0 Å². The maximum absolute atomic E-state index is 11.7. The van der Waals surface area contributed by atoms with Gasteiger partial charge in [-0.15, -0.1) is 0 Å². The zero-order chi connectivity index (χ0) is 28.3. The first kappa shape index (κ1) is 27.8. The smallest absolute Gasteiger partial charge is 0.294 e. The lowest BCUT2D eigenvalue weighted by molar-refractivity contribution is -0.401. The fraction of sp³-hybridized carbons (Fsp3) is 0.321. The Bertz CT molecular complexity index is 1730. The van der Waals surface area contributed by atoms with E-state index in [2.05, 4.69) is 16.4 Å². The summed E-state index contributed by atoms with van der Waals surface area (Å²) in [6.07, 6.45) is 5.46. The molecule has 2 aromatic rings. The second kappa shape index (κ2) is 9.20. The van der Waals surface area contributed by atoms with E-state index in [1.165, 1.54) is 24.3 Å². The second-order valence-corrected chi connectivity index (χ2v) is 13.2. The van der Waals surface area contributed by atoms with Gasteiger partial charge in [0, 0.05) is 35.0 Å². The second-order valence-electron chi connectivity index (χ2n) is 10.4. The standard InChI is InChI=1S/C28H30N2O6S2/c1-7-30-24-16-14-20(38(34,35)36)18-22(24)28(4,5)26(30)12-10-8-9-11-25-27(2,3)21-17-19(37(31,32)33)13-15-23(21)29(25)6/h10-18H,7H2,1-6H3,(H-,31,32,33,34,35,36)/p+1. The van der Waals surface area contributed by atoms with Crippen LogP contribution in [0.3, 0.4) is 0 Å². The van der Waals surface area contributed by atoms with E-state index in [9.17, 15) is 25.9 Å². The Balaban J connectivity index is 1.70. The van der Waals surface area contributed by atoms with Gasteiger partial charge in [-0.3, -0.25) is 9.11 Å². The largest absolute Gasteiger partial charge is 0.344 e. The van der Waals surface area contributed by atoms with E-state index >= 15 is 0 Å². The first-order valence-corrected chi connectivity index (χ1v) is 14.9. The molecule has 2 heterocycles. The molecule has 0 amide bonds. The summed E-state index contributed by atoms with van der Waals surface area (Å²) in [7, 11) is -6.74. The van der Waals surface area contributed by atoms with Crippen molar-refractivity contribution in [2.75, 3.05) is 18.5 Å².